The van der Waals surface area contributed by atoms with Gasteiger partial charge in [-0.05, 0) is 30.3 Å². The number of carbonyl (C=O) groups excluding carboxylic acids is 2. The molecule has 0 saturated heterocycles. The topological polar surface area (TPSA) is 84.0 Å². The third-order valence-electron chi connectivity index (χ3n) is 2.56. The summed E-state index contributed by atoms with van der Waals surface area (Å²) in [4.78, 5) is 23.6. The van der Waals surface area contributed by atoms with Crippen LogP contribution in [-0.2, 0) is 0 Å². The number of carbonyl (C=O) groups is 2. The van der Waals surface area contributed by atoms with E-state index < -0.39 is 5.91 Å². The molecular formula is C13H10Cl2N4O2. The number of aromatic nitrogens is 2. The van der Waals surface area contributed by atoms with Gasteiger partial charge in [-0.15, -0.1) is 10.2 Å². The molecule has 6 nitrogen and oxygen atoms in total. The van der Waals surface area contributed by atoms with Crippen LogP contribution in [0.15, 0.2) is 30.3 Å². The molecule has 1 aromatic carbocycles. The highest BCUT2D eigenvalue weighted by Gasteiger charge is 2.12. The Morgan fingerprint density at radius 3 is 2.43 bits per heavy atom. The molecule has 0 saturated carbocycles. The molecule has 0 atom stereocenters. The van der Waals surface area contributed by atoms with Crippen LogP contribution < -0.4 is 10.6 Å². The number of benzene rings is 1. The van der Waals surface area contributed by atoms with Gasteiger partial charge in [0.2, 0.25) is 0 Å². The standard InChI is InChI=1S/C13H10Cl2N4O2/c1-16-12(20)8-6-7(2-3-9(8)14)17-13(21)10-4-5-11(15)19-18-10/h2-6H,1H3,(H,16,20)(H,17,21). The zero-order valence-corrected chi connectivity index (χ0v) is 12.4. The normalized spacial score (nSPS) is 10.0. The van der Waals surface area contributed by atoms with Crippen LogP contribution in [-0.4, -0.2) is 29.1 Å². The lowest BCUT2D eigenvalue weighted by atomic mass is 10.2. The van der Waals surface area contributed by atoms with E-state index in [9.17, 15) is 9.59 Å². The van der Waals surface area contributed by atoms with Crippen LogP contribution in [0.4, 0.5) is 5.69 Å². The van der Waals surface area contributed by atoms with Crippen molar-refractivity contribution in [3.05, 3.63) is 51.8 Å². The predicted octanol–water partition coefficient (Wildman–Crippen LogP) is 2.40. The Morgan fingerprint density at radius 1 is 1.05 bits per heavy atom. The summed E-state index contributed by atoms with van der Waals surface area (Å²) in [6.07, 6.45) is 0. The molecule has 8 heteroatoms. The van der Waals surface area contributed by atoms with Crippen molar-refractivity contribution < 1.29 is 9.59 Å². The Morgan fingerprint density at radius 2 is 1.81 bits per heavy atom. The SMILES string of the molecule is CNC(=O)c1cc(NC(=O)c2ccc(Cl)nn2)ccc1Cl. The molecule has 0 aliphatic heterocycles. The van der Waals surface area contributed by atoms with Crippen molar-refractivity contribution in [2.45, 2.75) is 0 Å². The van der Waals surface area contributed by atoms with Crippen molar-refractivity contribution in [2.24, 2.45) is 0 Å². The van der Waals surface area contributed by atoms with E-state index in [0.717, 1.165) is 0 Å². The molecule has 0 bridgehead atoms. The Kier molecular flexibility index (Phi) is 4.72. The quantitative estimate of drug-likeness (QED) is 0.907. The fourth-order valence-corrected chi connectivity index (χ4v) is 1.85. The molecule has 0 unspecified atom stereocenters. The maximum absolute atomic E-state index is 12.0. The summed E-state index contributed by atoms with van der Waals surface area (Å²) in [5.41, 5.74) is 0.787. The molecule has 108 valence electrons. The van der Waals surface area contributed by atoms with Crippen LogP contribution in [0.25, 0.3) is 0 Å². The molecule has 0 spiro atoms. The van der Waals surface area contributed by atoms with E-state index in [-0.39, 0.29) is 22.3 Å². The Labute approximate surface area is 130 Å². The number of hydrogen-bond acceptors (Lipinski definition) is 4. The summed E-state index contributed by atoms with van der Waals surface area (Å²) in [5.74, 6) is -0.813. The van der Waals surface area contributed by atoms with Crippen molar-refractivity contribution in [2.75, 3.05) is 12.4 Å². The van der Waals surface area contributed by atoms with Crippen molar-refractivity contribution in [1.82, 2.24) is 15.5 Å². The first-order valence-electron chi connectivity index (χ1n) is 5.83. The van der Waals surface area contributed by atoms with Gasteiger partial charge in [-0.1, -0.05) is 23.2 Å². The first-order chi connectivity index (χ1) is 10.0. The van der Waals surface area contributed by atoms with E-state index in [2.05, 4.69) is 20.8 Å². The lowest BCUT2D eigenvalue weighted by Crippen LogP contribution is -2.19. The average Bonchev–Trinajstić information content (AvgIpc) is 2.49. The first kappa shape index (κ1) is 15.2. The lowest BCUT2D eigenvalue weighted by Gasteiger charge is -2.08. The molecule has 1 heterocycles. The minimum Gasteiger partial charge on any atom is -0.355 e. The van der Waals surface area contributed by atoms with Gasteiger partial charge in [-0.2, -0.15) is 0 Å². The largest absolute Gasteiger partial charge is 0.355 e. The maximum Gasteiger partial charge on any atom is 0.276 e. The van der Waals surface area contributed by atoms with Crippen LogP contribution >= 0.6 is 23.2 Å². The van der Waals surface area contributed by atoms with Gasteiger partial charge in [0.05, 0.1) is 10.6 Å². The van der Waals surface area contributed by atoms with Crippen LogP contribution in [0, 0.1) is 0 Å². The number of halogens is 2. The van der Waals surface area contributed by atoms with Crippen LogP contribution in [0.1, 0.15) is 20.8 Å². The van der Waals surface area contributed by atoms with Gasteiger partial charge in [0, 0.05) is 12.7 Å². The van der Waals surface area contributed by atoms with Gasteiger partial charge in [0.1, 0.15) is 0 Å². The number of rotatable bonds is 3. The molecule has 21 heavy (non-hydrogen) atoms. The van der Waals surface area contributed by atoms with E-state index in [1.54, 1.807) is 6.07 Å². The van der Waals surface area contributed by atoms with E-state index in [0.29, 0.717) is 10.7 Å². The predicted molar refractivity (Wildman–Crippen MR) is 79.8 cm³/mol. The monoisotopic (exact) mass is 324 g/mol. The van der Waals surface area contributed by atoms with Crippen LogP contribution in [0.5, 0.6) is 0 Å². The van der Waals surface area contributed by atoms with Gasteiger partial charge >= 0.3 is 0 Å². The molecule has 2 N–H and O–H groups in total. The summed E-state index contributed by atoms with van der Waals surface area (Å²) in [6.45, 7) is 0. The molecule has 2 aromatic rings. The van der Waals surface area contributed by atoms with E-state index in [1.807, 2.05) is 0 Å². The molecule has 0 fully saturated rings. The van der Waals surface area contributed by atoms with Crippen molar-refractivity contribution in [3.63, 3.8) is 0 Å². The fourth-order valence-electron chi connectivity index (χ4n) is 1.54. The van der Waals surface area contributed by atoms with Crippen molar-refractivity contribution >= 4 is 40.7 Å². The van der Waals surface area contributed by atoms with Crippen molar-refractivity contribution in [3.8, 4) is 0 Å². The molecule has 0 aliphatic carbocycles. The number of hydrogen-bond donors (Lipinski definition) is 2. The lowest BCUT2D eigenvalue weighted by molar-refractivity contribution is 0.0961. The van der Waals surface area contributed by atoms with Gasteiger partial charge in [-0.3, -0.25) is 9.59 Å². The number of amides is 2. The minimum absolute atomic E-state index is 0.107. The van der Waals surface area contributed by atoms with Crippen LogP contribution in [0.3, 0.4) is 0 Å². The van der Waals surface area contributed by atoms with Gasteiger partial charge in [0.25, 0.3) is 11.8 Å². The Hall–Kier alpha value is -2.18. The van der Waals surface area contributed by atoms with E-state index >= 15 is 0 Å². The summed E-state index contributed by atoms with van der Waals surface area (Å²) in [6, 6.07) is 7.48. The Bertz CT molecular complexity index is 689. The maximum atomic E-state index is 12.0. The summed E-state index contributed by atoms with van der Waals surface area (Å²) in [5, 5.41) is 12.8. The number of nitrogens with zero attached hydrogens (tertiary/aromatic N) is 2. The smallest absolute Gasteiger partial charge is 0.276 e. The third kappa shape index (κ3) is 3.68. The second kappa shape index (κ2) is 6.51. The summed E-state index contributed by atoms with van der Waals surface area (Å²) in [7, 11) is 1.49. The highest BCUT2D eigenvalue weighted by molar-refractivity contribution is 6.34. The summed E-state index contributed by atoms with van der Waals surface area (Å²) < 4.78 is 0. The fraction of sp³-hybridized carbons (Fsp3) is 0.0769. The molecule has 2 amide bonds. The Balaban J connectivity index is 2.21. The summed E-state index contributed by atoms with van der Waals surface area (Å²) >= 11 is 11.5. The van der Waals surface area contributed by atoms with Gasteiger partial charge in [-0.25, -0.2) is 0 Å². The van der Waals surface area contributed by atoms with E-state index in [4.69, 9.17) is 23.2 Å². The van der Waals surface area contributed by atoms with Crippen LogP contribution in [0.2, 0.25) is 10.2 Å². The highest BCUT2D eigenvalue weighted by Crippen LogP contribution is 2.21. The van der Waals surface area contributed by atoms with E-state index in [1.165, 1.54) is 31.3 Å². The molecule has 0 radical (unpaired) electrons. The first-order valence-corrected chi connectivity index (χ1v) is 6.59. The van der Waals surface area contributed by atoms with Gasteiger partial charge < -0.3 is 10.6 Å². The molecule has 1 aromatic heterocycles. The van der Waals surface area contributed by atoms with Crippen molar-refractivity contribution in [1.29, 1.82) is 0 Å². The third-order valence-corrected chi connectivity index (χ3v) is 3.09. The molecule has 2 rings (SSSR count). The minimum atomic E-state index is -0.468. The molecule has 0 aliphatic rings. The number of anilines is 1. The second-order valence-corrected chi connectivity index (χ2v) is 4.76. The van der Waals surface area contributed by atoms with Gasteiger partial charge in [0.15, 0.2) is 10.8 Å². The second-order valence-electron chi connectivity index (χ2n) is 3.97. The zero-order chi connectivity index (χ0) is 15.4. The average molecular weight is 325 g/mol. The number of nitrogens with one attached hydrogen (secondary N) is 2. The zero-order valence-electron chi connectivity index (χ0n) is 10.9. The highest BCUT2D eigenvalue weighted by atomic mass is 35.5. The molecular weight excluding hydrogens is 315 g/mol.